The third-order valence-corrected chi connectivity index (χ3v) is 5.15. The molecule has 1 aromatic heterocycles. The number of hydrogen-bond acceptors (Lipinski definition) is 5. The molecule has 2 rings (SSSR count). The zero-order valence-corrected chi connectivity index (χ0v) is 11.3. The van der Waals surface area contributed by atoms with Crippen LogP contribution in [0.1, 0.15) is 18.5 Å². The normalized spacial score (nSPS) is 20.9. The minimum Gasteiger partial charge on any atom is -0.330 e. The highest BCUT2D eigenvalue weighted by Gasteiger charge is 2.29. The van der Waals surface area contributed by atoms with Crippen molar-refractivity contribution in [2.75, 3.05) is 19.6 Å². The molecule has 1 aliphatic rings. The van der Waals surface area contributed by atoms with Crippen LogP contribution in [0.3, 0.4) is 0 Å². The summed E-state index contributed by atoms with van der Waals surface area (Å²) in [7, 11) is -3.52. The molecular formula is C12H16N4O2S. The van der Waals surface area contributed by atoms with Crippen LogP contribution in [0.25, 0.3) is 0 Å². The molecule has 19 heavy (non-hydrogen) atoms. The molecule has 0 aromatic carbocycles. The summed E-state index contributed by atoms with van der Waals surface area (Å²) in [5.41, 5.74) is 5.82. The Morgan fingerprint density at radius 2 is 2.32 bits per heavy atom. The second-order valence-electron chi connectivity index (χ2n) is 4.60. The molecule has 1 unspecified atom stereocenters. The van der Waals surface area contributed by atoms with Gasteiger partial charge in [0.05, 0.1) is 0 Å². The number of aromatic nitrogens is 1. The van der Waals surface area contributed by atoms with Crippen LogP contribution >= 0.6 is 0 Å². The van der Waals surface area contributed by atoms with Crippen molar-refractivity contribution in [2.24, 2.45) is 11.7 Å². The van der Waals surface area contributed by atoms with Crippen LogP contribution in [-0.4, -0.2) is 37.3 Å². The maximum absolute atomic E-state index is 12.4. The molecule has 0 spiro atoms. The average molecular weight is 280 g/mol. The summed E-state index contributed by atoms with van der Waals surface area (Å²) < 4.78 is 26.3. The van der Waals surface area contributed by atoms with Gasteiger partial charge in [-0.3, -0.25) is 0 Å². The van der Waals surface area contributed by atoms with Crippen molar-refractivity contribution in [3.8, 4) is 6.07 Å². The van der Waals surface area contributed by atoms with Gasteiger partial charge < -0.3 is 5.73 Å². The zero-order valence-electron chi connectivity index (χ0n) is 10.5. The minimum absolute atomic E-state index is 0.129. The molecule has 2 N–H and O–H groups in total. The van der Waals surface area contributed by atoms with Crippen molar-refractivity contribution in [1.82, 2.24) is 9.29 Å². The Morgan fingerprint density at radius 3 is 2.89 bits per heavy atom. The summed E-state index contributed by atoms with van der Waals surface area (Å²) in [6.45, 7) is 1.47. The molecule has 0 bridgehead atoms. The Labute approximate surface area is 112 Å². The summed E-state index contributed by atoms with van der Waals surface area (Å²) >= 11 is 0. The van der Waals surface area contributed by atoms with Crippen LogP contribution in [0.5, 0.6) is 0 Å². The largest absolute Gasteiger partial charge is 0.330 e. The Kier molecular flexibility index (Phi) is 4.14. The molecule has 0 saturated carbocycles. The lowest BCUT2D eigenvalue weighted by atomic mass is 10.0. The molecule has 2 heterocycles. The van der Waals surface area contributed by atoms with Crippen molar-refractivity contribution in [2.45, 2.75) is 17.7 Å². The van der Waals surface area contributed by atoms with Crippen LogP contribution in [0.2, 0.25) is 0 Å². The monoisotopic (exact) mass is 280 g/mol. The van der Waals surface area contributed by atoms with Gasteiger partial charge in [-0.05, 0) is 37.4 Å². The molecule has 1 saturated heterocycles. The molecule has 1 aliphatic heterocycles. The summed E-state index contributed by atoms with van der Waals surface area (Å²) in [6, 6.07) is 4.70. The van der Waals surface area contributed by atoms with Crippen molar-refractivity contribution in [3.63, 3.8) is 0 Å². The Bertz CT molecular complexity index is 577. The molecule has 0 amide bonds. The number of sulfonamides is 1. The highest BCUT2D eigenvalue weighted by molar-refractivity contribution is 7.89. The average Bonchev–Trinajstić information content (AvgIpc) is 2.47. The van der Waals surface area contributed by atoms with Crippen LogP contribution in [-0.2, 0) is 10.0 Å². The summed E-state index contributed by atoms with van der Waals surface area (Å²) in [6.07, 6.45) is 3.03. The van der Waals surface area contributed by atoms with Crippen LogP contribution in [0.15, 0.2) is 23.2 Å². The number of rotatable bonds is 3. The van der Waals surface area contributed by atoms with E-state index >= 15 is 0 Å². The Morgan fingerprint density at radius 1 is 1.53 bits per heavy atom. The predicted molar refractivity (Wildman–Crippen MR) is 69.5 cm³/mol. The van der Waals surface area contributed by atoms with E-state index < -0.39 is 10.0 Å². The first-order chi connectivity index (χ1) is 9.07. The smallest absolute Gasteiger partial charge is 0.244 e. The topological polar surface area (TPSA) is 100 Å². The number of nitrogens with zero attached hydrogens (tertiary/aromatic N) is 3. The maximum Gasteiger partial charge on any atom is 0.244 e. The first-order valence-electron chi connectivity index (χ1n) is 6.14. The highest BCUT2D eigenvalue weighted by atomic mass is 32.2. The summed E-state index contributed by atoms with van der Waals surface area (Å²) in [5.74, 6) is 0.217. The molecule has 0 aliphatic carbocycles. The quantitative estimate of drug-likeness (QED) is 0.859. The second-order valence-corrected chi connectivity index (χ2v) is 6.54. The first-order valence-corrected chi connectivity index (χ1v) is 7.58. The Hall–Kier alpha value is -1.49. The summed E-state index contributed by atoms with van der Waals surface area (Å²) in [4.78, 5) is 3.93. The minimum atomic E-state index is -3.52. The maximum atomic E-state index is 12.4. The molecule has 102 valence electrons. The number of piperidine rings is 1. The third kappa shape index (κ3) is 2.92. The van der Waals surface area contributed by atoms with E-state index in [0.29, 0.717) is 19.6 Å². The standard InChI is InChI=1S/C12H16N4O2S/c13-6-10-2-1-5-16(9-10)19(17,18)12-4-3-11(7-14)15-8-12/h3-4,8,10H,1-2,5-6,9,13H2. The van der Waals surface area contributed by atoms with Gasteiger partial charge in [0.1, 0.15) is 16.7 Å². The molecule has 7 heteroatoms. The van der Waals surface area contributed by atoms with Crippen molar-refractivity contribution < 1.29 is 8.42 Å². The van der Waals surface area contributed by atoms with Gasteiger partial charge in [0.25, 0.3) is 0 Å². The lowest BCUT2D eigenvalue weighted by Crippen LogP contribution is -2.41. The number of nitriles is 1. The molecular weight excluding hydrogens is 264 g/mol. The molecule has 1 aromatic rings. The van der Waals surface area contributed by atoms with E-state index in [2.05, 4.69) is 4.98 Å². The SMILES string of the molecule is N#Cc1ccc(S(=O)(=O)N2CCCC(CN)C2)cn1. The fraction of sp³-hybridized carbons (Fsp3) is 0.500. The summed E-state index contributed by atoms with van der Waals surface area (Å²) in [5, 5.41) is 8.66. The van der Waals surface area contributed by atoms with E-state index in [4.69, 9.17) is 11.0 Å². The van der Waals surface area contributed by atoms with Crippen LogP contribution in [0.4, 0.5) is 0 Å². The fourth-order valence-electron chi connectivity index (χ4n) is 2.19. The van der Waals surface area contributed by atoms with Crippen LogP contribution in [0, 0.1) is 17.2 Å². The zero-order chi connectivity index (χ0) is 13.9. The van der Waals surface area contributed by atoms with Crippen molar-refractivity contribution in [3.05, 3.63) is 24.0 Å². The lowest BCUT2D eigenvalue weighted by molar-refractivity contribution is 0.271. The van der Waals surface area contributed by atoms with Gasteiger partial charge in [-0.15, -0.1) is 0 Å². The molecule has 1 fully saturated rings. The number of pyridine rings is 1. The van der Waals surface area contributed by atoms with Crippen LogP contribution < -0.4 is 5.73 Å². The van der Waals surface area contributed by atoms with E-state index in [0.717, 1.165) is 12.8 Å². The lowest BCUT2D eigenvalue weighted by Gasteiger charge is -2.31. The first kappa shape index (κ1) is 13.9. The third-order valence-electron chi connectivity index (χ3n) is 3.30. The Balaban J connectivity index is 2.23. The van der Waals surface area contributed by atoms with E-state index in [1.54, 1.807) is 0 Å². The number of nitrogens with two attached hydrogens (primary N) is 1. The van der Waals surface area contributed by atoms with Gasteiger partial charge in [-0.25, -0.2) is 13.4 Å². The van der Waals surface area contributed by atoms with Crippen molar-refractivity contribution in [1.29, 1.82) is 5.26 Å². The second kappa shape index (κ2) is 5.65. The van der Waals surface area contributed by atoms with E-state index in [9.17, 15) is 8.42 Å². The van der Waals surface area contributed by atoms with Gasteiger partial charge in [0, 0.05) is 19.3 Å². The molecule has 1 atom stereocenters. The van der Waals surface area contributed by atoms with E-state index in [1.165, 1.54) is 22.6 Å². The van der Waals surface area contributed by atoms with Gasteiger partial charge in [0.2, 0.25) is 10.0 Å². The number of hydrogen-bond donors (Lipinski definition) is 1. The van der Waals surface area contributed by atoms with Gasteiger partial charge in [0.15, 0.2) is 0 Å². The highest BCUT2D eigenvalue weighted by Crippen LogP contribution is 2.22. The molecule has 0 radical (unpaired) electrons. The van der Waals surface area contributed by atoms with Gasteiger partial charge in [-0.2, -0.15) is 9.57 Å². The van der Waals surface area contributed by atoms with Crippen molar-refractivity contribution >= 4 is 10.0 Å². The van der Waals surface area contributed by atoms with Gasteiger partial charge >= 0.3 is 0 Å². The van der Waals surface area contributed by atoms with E-state index in [-0.39, 0.29) is 16.5 Å². The van der Waals surface area contributed by atoms with Gasteiger partial charge in [-0.1, -0.05) is 0 Å². The fourth-order valence-corrected chi connectivity index (χ4v) is 3.69. The molecule has 6 nitrogen and oxygen atoms in total. The van der Waals surface area contributed by atoms with E-state index in [1.807, 2.05) is 6.07 Å². The predicted octanol–water partition coefficient (Wildman–Crippen LogP) is 0.313.